The minimum absolute atomic E-state index is 0.0570. The van der Waals surface area contributed by atoms with Crippen LogP contribution in [0.15, 0.2) is 29.2 Å². The van der Waals surface area contributed by atoms with Crippen molar-refractivity contribution in [2.24, 2.45) is 0 Å². The van der Waals surface area contributed by atoms with Gasteiger partial charge in [0.15, 0.2) is 0 Å². The van der Waals surface area contributed by atoms with Gasteiger partial charge in [-0.3, -0.25) is 32.2 Å². The number of hydrogen-bond donors (Lipinski definition) is 8. The maximum Gasteiger partial charge on any atom is 0.353 e. The topological polar surface area (TPSA) is 313 Å². The molecule has 0 aliphatic heterocycles. The van der Waals surface area contributed by atoms with Crippen molar-refractivity contribution in [3.8, 4) is 0 Å². The number of nitrogens with one attached hydrogen (secondary N) is 1. The summed E-state index contributed by atoms with van der Waals surface area (Å²) in [6.07, 6.45) is 19.2. The second-order valence-electron chi connectivity index (χ2n) is 9.82. The highest BCUT2D eigenvalue weighted by atomic mass is 32.2. The second-order valence-corrected chi connectivity index (χ2v) is 14.5. The average Bonchev–Trinajstić information content (AvgIpc) is 2.97. The molecule has 54 heavy (non-hydrogen) atoms. The lowest BCUT2D eigenvalue weighted by molar-refractivity contribution is -0.119. The molecule has 17 nitrogen and oxygen atoms in total. The molecule has 0 saturated heterocycles. The first-order valence-corrected chi connectivity index (χ1v) is 24.5. The van der Waals surface area contributed by atoms with Crippen LogP contribution >= 0.6 is 50.0 Å². The summed E-state index contributed by atoms with van der Waals surface area (Å²) in [6.45, 7) is 2.26. The van der Waals surface area contributed by atoms with Gasteiger partial charge in [0.25, 0.3) is 10.0 Å². The predicted molar refractivity (Wildman–Crippen MR) is 200 cm³/mol. The van der Waals surface area contributed by atoms with Gasteiger partial charge in [-0.15, -0.1) is 0 Å². The van der Waals surface area contributed by atoms with E-state index >= 15 is 0 Å². The third-order valence-electron chi connectivity index (χ3n) is 5.45. The van der Waals surface area contributed by atoms with E-state index in [9.17, 15) is 38.4 Å². The van der Waals surface area contributed by atoms with E-state index in [1.807, 2.05) is 0 Å². The summed E-state index contributed by atoms with van der Waals surface area (Å²) in [5, 5.41) is 0. The van der Waals surface area contributed by atoms with E-state index in [-0.39, 0.29) is 11.3 Å². The van der Waals surface area contributed by atoms with Crippen LogP contribution in [-0.2, 0) is 42.2 Å². The highest BCUT2D eigenvalue weighted by Gasteiger charge is 2.16. The van der Waals surface area contributed by atoms with Crippen LogP contribution in [0.5, 0.6) is 0 Å². The quantitative estimate of drug-likeness (QED) is 0.0296. The van der Waals surface area contributed by atoms with Gasteiger partial charge in [-0.05, 0) is 30.7 Å². The van der Waals surface area contributed by atoms with Crippen molar-refractivity contribution in [1.82, 2.24) is 4.72 Å². The molecule has 0 saturated carbocycles. The Balaban J connectivity index is -0.000000193. The SMILES string of the molecule is CCCCCCCCCCCCCCCCCC(=O)NS(=O)(=O)c1ccc(N)cc1.O=[PH](O)F.O=[PH](O)F.O=[PH](O)F.O=[PH](O)F.O=[PH](O)F.O=[PH](O)F. The van der Waals surface area contributed by atoms with Crippen molar-refractivity contribution in [2.75, 3.05) is 5.73 Å². The largest absolute Gasteiger partial charge is 0.399 e. The number of unbranched alkanes of at least 4 members (excludes halogenated alkanes) is 14. The van der Waals surface area contributed by atoms with Gasteiger partial charge in [0.05, 0.1) is 4.90 Å². The van der Waals surface area contributed by atoms with Gasteiger partial charge < -0.3 is 35.1 Å². The molecule has 1 aromatic carbocycles. The Hall–Kier alpha value is -0.840. The summed E-state index contributed by atoms with van der Waals surface area (Å²) < 4.78 is 138. The van der Waals surface area contributed by atoms with Gasteiger partial charge in [0, 0.05) is 12.1 Å². The van der Waals surface area contributed by atoms with Crippen LogP contribution in [0.1, 0.15) is 110 Å². The predicted octanol–water partition coefficient (Wildman–Crippen LogP) is 8.36. The molecule has 0 spiro atoms. The van der Waals surface area contributed by atoms with Gasteiger partial charge in [0.1, 0.15) is 0 Å². The Kier molecular flexibility index (Phi) is 58.2. The molecule has 0 heterocycles. The van der Waals surface area contributed by atoms with E-state index < -0.39 is 66.0 Å². The zero-order chi connectivity index (χ0) is 43.5. The number of benzene rings is 1. The third-order valence-corrected chi connectivity index (χ3v) is 6.84. The number of hydrogen-bond acceptors (Lipinski definition) is 10. The first-order chi connectivity index (χ1) is 24.8. The van der Waals surface area contributed by atoms with Crippen molar-refractivity contribution >= 4 is 71.6 Å². The van der Waals surface area contributed by atoms with Crippen LogP contribution in [0.4, 0.5) is 30.9 Å². The lowest BCUT2D eigenvalue weighted by Crippen LogP contribution is -2.30. The normalized spacial score (nSPS) is 13.3. The number of carbonyl (C=O) groups is 1. The summed E-state index contributed by atoms with van der Waals surface area (Å²) in [7, 11) is -25.6. The first-order valence-electron chi connectivity index (χ1n) is 15.6. The fourth-order valence-corrected chi connectivity index (χ4v) is 4.58. The zero-order valence-corrected chi connectivity index (χ0v) is 36.1. The number of nitrogens with two attached hydrogens (primary N) is 1. The van der Waals surface area contributed by atoms with E-state index in [1.54, 1.807) is 0 Å². The third kappa shape index (κ3) is 93.2. The molecule has 0 fully saturated rings. The van der Waals surface area contributed by atoms with Gasteiger partial charge >= 0.3 is 50.0 Å². The molecule has 1 amide bonds. The molecular formula is C24H54F6N2O15P6S. The first kappa shape index (κ1) is 65.0. The van der Waals surface area contributed by atoms with Gasteiger partial charge in [-0.25, -0.2) is 13.1 Å². The van der Waals surface area contributed by atoms with Crippen LogP contribution in [0.25, 0.3) is 0 Å². The minimum atomic E-state index is -3.80. The van der Waals surface area contributed by atoms with Crippen LogP contribution < -0.4 is 10.5 Å². The number of rotatable bonds is 18. The monoisotopic (exact) mass is 942 g/mol. The molecule has 0 aliphatic carbocycles. The number of nitrogen functional groups attached to an aromatic ring is 1. The average molecular weight is 943 g/mol. The minimum Gasteiger partial charge on any atom is -0.399 e. The molecule has 6 atom stereocenters. The van der Waals surface area contributed by atoms with Crippen molar-refractivity contribution < 1.29 is 95.1 Å². The standard InChI is InChI=1S/C24H42N2O3S.6FH2O2P/c1-2-3-4-5-6-7-8-9-10-11-12-13-14-15-16-17-24(27)26-30(28,29)23-20-18-22(25)19-21-23;6*1-4(2)3/h18-21H,2-17,25H2,1H3,(H,26,27);6*4H,(H,2,3). The smallest absolute Gasteiger partial charge is 0.353 e. The molecule has 9 N–H and O–H groups in total. The highest BCUT2D eigenvalue weighted by Crippen LogP contribution is 2.16. The Morgan fingerprint density at radius 1 is 0.537 bits per heavy atom. The van der Waals surface area contributed by atoms with Crippen LogP contribution in [0, 0.1) is 0 Å². The molecule has 0 aliphatic rings. The Morgan fingerprint density at radius 2 is 0.759 bits per heavy atom. The maximum absolute atomic E-state index is 12.1. The van der Waals surface area contributed by atoms with Crippen molar-refractivity contribution in [3.05, 3.63) is 24.3 Å². The Morgan fingerprint density at radius 3 is 1.00 bits per heavy atom. The van der Waals surface area contributed by atoms with Crippen molar-refractivity contribution in [3.63, 3.8) is 0 Å². The number of halogens is 6. The van der Waals surface area contributed by atoms with Gasteiger partial charge in [-0.2, -0.15) is 25.2 Å². The molecule has 0 bridgehead atoms. The summed E-state index contributed by atoms with van der Waals surface area (Å²) in [5.74, 6) is -0.443. The summed E-state index contributed by atoms with van der Waals surface area (Å²) in [4.78, 5) is 53.6. The number of carbonyl (C=O) groups excluding carboxylic acids is 1. The van der Waals surface area contributed by atoms with E-state index in [0.29, 0.717) is 5.69 Å². The molecule has 0 radical (unpaired) electrons. The Bertz CT molecular complexity index is 1160. The number of anilines is 1. The second kappa shape index (κ2) is 48.3. The van der Waals surface area contributed by atoms with Crippen LogP contribution in [0.3, 0.4) is 0 Å². The fourth-order valence-electron chi connectivity index (χ4n) is 3.56. The van der Waals surface area contributed by atoms with E-state index in [2.05, 4.69) is 11.6 Å². The maximum atomic E-state index is 12.1. The van der Waals surface area contributed by atoms with Crippen LogP contribution in [0.2, 0.25) is 0 Å². The molecule has 328 valence electrons. The van der Waals surface area contributed by atoms with Crippen molar-refractivity contribution in [2.45, 2.75) is 115 Å². The number of sulfonamides is 1. The summed E-state index contributed by atoms with van der Waals surface area (Å²) in [6, 6.07) is 5.82. The highest BCUT2D eigenvalue weighted by molar-refractivity contribution is 7.90. The zero-order valence-electron chi connectivity index (χ0n) is 29.2. The lowest BCUT2D eigenvalue weighted by Gasteiger charge is -2.07. The van der Waals surface area contributed by atoms with Crippen molar-refractivity contribution in [1.29, 1.82) is 0 Å². The van der Waals surface area contributed by atoms with Gasteiger partial charge in [-0.1, -0.05) is 96.8 Å². The molecule has 6 unspecified atom stereocenters. The lowest BCUT2D eigenvalue weighted by atomic mass is 10.0. The molecule has 0 aromatic heterocycles. The molecule has 1 aromatic rings. The van der Waals surface area contributed by atoms with E-state index in [4.69, 9.17) is 62.5 Å². The molecule has 30 heteroatoms. The fraction of sp³-hybridized carbons (Fsp3) is 0.708. The Labute approximate surface area is 315 Å². The van der Waals surface area contributed by atoms with E-state index in [0.717, 1.165) is 19.3 Å². The number of amides is 1. The van der Waals surface area contributed by atoms with Crippen LogP contribution in [-0.4, -0.2) is 43.7 Å². The molecule has 1 rings (SSSR count). The summed E-state index contributed by atoms with van der Waals surface area (Å²) >= 11 is 0. The summed E-state index contributed by atoms with van der Waals surface area (Å²) in [5.41, 5.74) is 6.04. The van der Waals surface area contributed by atoms with Gasteiger partial charge in [0.2, 0.25) is 5.91 Å². The van der Waals surface area contributed by atoms with E-state index in [1.165, 1.54) is 101 Å². The molecular weight excluding hydrogens is 888 g/mol.